The molecule has 0 aromatic heterocycles. The molecule has 1 unspecified atom stereocenters. The number of hydrogen-bond acceptors (Lipinski definition) is 4. The number of amides is 1. The summed E-state index contributed by atoms with van der Waals surface area (Å²) in [5.74, 6) is 1.21. The molecule has 3 aromatic carbocycles. The van der Waals surface area contributed by atoms with Gasteiger partial charge in [0.2, 0.25) is 5.91 Å². The van der Waals surface area contributed by atoms with Crippen molar-refractivity contribution in [3.63, 3.8) is 0 Å². The molecular weight excluding hydrogens is 482 g/mol. The molecule has 2 N–H and O–H groups in total. The summed E-state index contributed by atoms with van der Waals surface area (Å²) < 4.78 is 0. The molecule has 0 spiro atoms. The molecule has 202 valence electrons. The first-order chi connectivity index (χ1) is 19.0. The highest BCUT2D eigenvalue weighted by molar-refractivity contribution is 6.02. The lowest BCUT2D eigenvalue weighted by Crippen LogP contribution is -2.78. The van der Waals surface area contributed by atoms with E-state index >= 15 is 0 Å². The van der Waals surface area contributed by atoms with Gasteiger partial charge in [0.15, 0.2) is 5.78 Å². The zero-order valence-corrected chi connectivity index (χ0v) is 22.9. The van der Waals surface area contributed by atoms with Crippen LogP contribution < -0.4 is 10.6 Å². The molecule has 0 radical (unpaired) electrons. The van der Waals surface area contributed by atoms with E-state index in [1.807, 2.05) is 66.7 Å². The molecule has 3 saturated heterocycles. The van der Waals surface area contributed by atoms with Gasteiger partial charge in [-0.15, -0.1) is 0 Å². The van der Waals surface area contributed by atoms with Gasteiger partial charge >= 0.3 is 0 Å². The second kappa shape index (κ2) is 10.7. The number of nitrogens with zero attached hydrogens (tertiary/aromatic N) is 1. The number of Topliss-reactive ketones (excluding diaryl/α,β-unsaturated/α-hetero) is 1. The van der Waals surface area contributed by atoms with E-state index in [9.17, 15) is 9.59 Å². The Bertz CT molecular complexity index is 1300. The van der Waals surface area contributed by atoms with E-state index < -0.39 is 5.54 Å². The third kappa shape index (κ3) is 4.83. The first-order valence-corrected chi connectivity index (χ1v) is 14.4. The second-order valence-electron chi connectivity index (χ2n) is 12.2. The number of fused-ring (bicyclic) bond motifs is 1. The first kappa shape index (κ1) is 26.0. The zero-order valence-electron chi connectivity index (χ0n) is 22.9. The van der Waals surface area contributed by atoms with Crippen LogP contribution in [0.15, 0.2) is 91.0 Å². The maximum absolute atomic E-state index is 14.4. The van der Waals surface area contributed by atoms with Gasteiger partial charge in [-0.3, -0.25) is 19.8 Å². The molecule has 5 heteroatoms. The molecule has 3 heterocycles. The van der Waals surface area contributed by atoms with Crippen LogP contribution in [0.25, 0.3) is 0 Å². The van der Waals surface area contributed by atoms with Crippen molar-refractivity contribution in [1.82, 2.24) is 15.5 Å². The Morgan fingerprint density at radius 3 is 2.18 bits per heavy atom. The van der Waals surface area contributed by atoms with E-state index in [0.717, 1.165) is 37.1 Å². The van der Waals surface area contributed by atoms with Gasteiger partial charge < -0.3 is 5.32 Å². The minimum atomic E-state index is -0.810. The second-order valence-corrected chi connectivity index (χ2v) is 12.2. The van der Waals surface area contributed by atoms with E-state index in [2.05, 4.69) is 53.6 Å². The number of carbonyl (C=O) groups is 2. The Morgan fingerprint density at radius 1 is 0.923 bits per heavy atom. The lowest BCUT2D eigenvalue weighted by Gasteiger charge is -2.59. The molecule has 4 bridgehead atoms. The zero-order chi connectivity index (χ0) is 27.0. The van der Waals surface area contributed by atoms with Crippen LogP contribution in [-0.2, 0) is 17.8 Å². The summed E-state index contributed by atoms with van der Waals surface area (Å²) in [7, 11) is 0. The fourth-order valence-electron chi connectivity index (χ4n) is 7.77. The number of piperidine rings is 2. The Kier molecular flexibility index (Phi) is 7.13. The predicted octanol–water partition coefficient (Wildman–Crippen LogP) is 4.73. The number of ketones is 1. The maximum atomic E-state index is 14.4. The third-order valence-corrected chi connectivity index (χ3v) is 9.20. The summed E-state index contributed by atoms with van der Waals surface area (Å²) in [5.41, 5.74) is 2.23. The highest BCUT2D eigenvalue weighted by Crippen LogP contribution is 2.55. The molecule has 1 amide bonds. The van der Waals surface area contributed by atoms with E-state index in [1.165, 1.54) is 5.56 Å². The average molecular weight is 522 g/mol. The summed E-state index contributed by atoms with van der Waals surface area (Å²) in [6, 6.07) is 30.0. The summed E-state index contributed by atoms with van der Waals surface area (Å²) in [4.78, 5) is 31.0. The van der Waals surface area contributed by atoms with Crippen molar-refractivity contribution in [1.29, 1.82) is 0 Å². The number of carbonyl (C=O) groups excluding carboxylic acids is 2. The fraction of sp³-hybridized carbons (Fsp3) is 0.412. The van der Waals surface area contributed by atoms with Crippen molar-refractivity contribution in [3.05, 3.63) is 108 Å². The number of hydrogen-bond donors (Lipinski definition) is 2. The van der Waals surface area contributed by atoms with Crippen LogP contribution >= 0.6 is 0 Å². The van der Waals surface area contributed by atoms with E-state index in [1.54, 1.807) is 0 Å². The van der Waals surface area contributed by atoms with Gasteiger partial charge in [0.05, 0.1) is 6.04 Å². The average Bonchev–Trinajstić information content (AvgIpc) is 3.26. The quantitative estimate of drug-likeness (QED) is 0.400. The monoisotopic (exact) mass is 521 g/mol. The SMILES string of the molecule is CC(C)CN1C[C@H]2C[C@]3(C(=O)NCc4ccccc4)NC(C(=O)c4ccccc4)[C@H]2[C@@H]1[C@@H]3Cc1ccccc1. The van der Waals surface area contributed by atoms with Crippen molar-refractivity contribution < 1.29 is 9.59 Å². The van der Waals surface area contributed by atoms with Crippen LogP contribution in [0.1, 0.15) is 41.8 Å². The Hall–Kier alpha value is -3.28. The van der Waals surface area contributed by atoms with Crippen LogP contribution in [0.2, 0.25) is 0 Å². The van der Waals surface area contributed by atoms with E-state index in [-0.39, 0.29) is 35.6 Å². The number of rotatable bonds is 9. The van der Waals surface area contributed by atoms with Crippen LogP contribution in [0.4, 0.5) is 0 Å². The van der Waals surface area contributed by atoms with Crippen LogP contribution in [0.5, 0.6) is 0 Å². The maximum Gasteiger partial charge on any atom is 0.240 e. The van der Waals surface area contributed by atoms with Crippen LogP contribution in [0, 0.1) is 23.7 Å². The summed E-state index contributed by atoms with van der Waals surface area (Å²) >= 11 is 0. The minimum absolute atomic E-state index is 0.0256. The van der Waals surface area contributed by atoms with Crippen molar-refractivity contribution in [2.24, 2.45) is 23.7 Å². The molecule has 4 aliphatic rings. The summed E-state index contributed by atoms with van der Waals surface area (Å²) in [6.07, 6.45) is 1.57. The van der Waals surface area contributed by atoms with E-state index in [4.69, 9.17) is 0 Å². The lowest BCUT2D eigenvalue weighted by atomic mass is 9.55. The highest BCUT2D eigenvalue weighted by atomic mass is 16.2. The van der Waals surface area contributed by atoms with Crippen LogP contribution in [-0.4, -0.2) is 47.3 Å². The van der Waals surface area contributed by atoms with Crippen molar-refractivity contribution in [2.75, 3.05) is 13.1 Å². The Morgan fingerprint density at radius 2 is 1.54 bits per heavy atom. The van der Waals surface area contributed by atoms with E-state index in [0.29, 0.717) is 18.4 Å². The molecule has 3 aliphatic heterocycles. The molecule has 4 fully saturated rings. The third-order valence-electron chi connectivity index (χ3n) is 9.20. The molecule has 1 saturated carbocycles. The molecule has 6 atom stereocenters. The van der Waals surface area contributed by atoms with Gasteiger partial charge in [-0.1, -0.05) is 105 Å². The Balaban J connectivity index is 1.40. The van der Waals surface area contributed by atoms with Crippen molar-refractivity contribution in [2.45, 2.75) is 50.9 Å². The Labute approximate surface area is 232 Å². The molecule has 39 heavy (non-hydrogen) atoms. The largest absolute Gasteiger partial charge is 0.350 e. The molecule has 1 aliphatic carbocycles. The van der Waals surface area contributed by atoms with Gasteiger partial charge in [0, 0.05) is 43.1 Å². The molecular formula is C34H39N3O2. The summed E-state index contributed by atoms with van der Waals surface area (Å²) in [6.45, 7) is 6.94. The molecule has 7 rings (SSSR count). The fourth-order valence-corrected chi connectivity index (χ4v) is 7.77. The van der Waals surface area contributed by atoms with Crippen molar-refractivity contribution in [3.8, 4) is 0 Å². The smallest absolute Gasteiger partial charge is 0.240 e. The minimum Gasteiger partial charge on any atom is -0.350 e. The number of likely N-dealkylation sites (tertiary alicyclic amines) is 1. The topological polar surface area (TPSA) is 61.4 Å². The van der Waals surface area contributed by atoms with Crippen LogP contribution in [0.3, 0.4) is 0 Å². The predicted molar refractivity (Wildman–Crippen MR) is 154 cm³/mol. The molecule has 3 aromatic rings. The number of nitrogens with one attached hydrogen (secondary N) is 2. The van der Waals surface area contributed by atoms with Gasteiger partial charge in [-0.25, -0.2) is 0 Å². The van der Waals surface area contributed by atoms with Gasteiger partial charge in [-0.2, -0.15) is 0 Å². The van der Waals surface area contributed by atoms with Gasteiger partial charge in [0.25, 0.3) is 0 Å². The summed E-state index contributed by atoms with van der Waals surface area (Å²) in [5, 5.41) is 7.05. The van der Waals surface area contributed by atoms with Gasteiger partial charge in [0.1, 0.15) is 5.54 Å². The first-order valence-electron chi connectivity index (χ1n) is 14.4. The highest BCUT2D eigenvalue weighted by Gasteiger charge is 2.68. The van der Waals surface area contributed by atoms with Gasteiger partial charge in [-0.05, 0) is 35.8 Å². The number of benzene rings is 3. The normalized spacial score (nSPS) is 29.5. The molecule has 5 nitrogen and oxygen atoms in total. The van der Waals surface area contributed by atoms with Crippen molar-refractivity contribution >= 4 is 11.7 Å². The standard InChI is InChI=1S/C34H39N3O2/c1-23(2)21-37-22-27-19-34(33(39)35-20-25-14-8-4-9-15-25)28(18-24-12-6-3-7-13-24)31(37)29(27)30(36-34)32(38)26-16-10-5-11-17-26/h3-17,23,27-31,36H,18-22H2,1-2H3,(H,35,39)/t27-,28+,29+,30?,31+,34+/m1/s1. The lowest BCUT2D eigenvalue weighted by molar-refractivity contribution is -0.140.